The molecule has 2 heterocycles. The van der Waals surface area contributed by atoms with Gasteiger partial charge in [-0.1, -0.05) is 13.0 Å². The highest BCUT2D eigenvalue weighted by Gasteiger charge is 2.26. The SMILES string of the molecule is C[C@@H](CO)COc1cccc2c1cnn2-c1ccnc(NC2CCC(NS(=O)(=O)N(C)C)CC2)n1. The summed E-state index contributed by atoms with van der Waals surface area (Å²) in [7, 11) is -0.383. The number of aliphatic hydroxyl groups excluding tert-OH is 1. The van der Waals surface area contributed by atoms with Crippen molar-refractivity contribution in [2.75, 3.05) is 32.6 Å². The van der Waals surface area contributed by atoms with Crippen molar-refractivity contribution in [1.29, 1.82) is 0 Å². The molecule has 0 spiro atoms. The number of rotatable bonds is 10. The fraction of sp³-hybridized carbons (Fsp3) is 0.522. The van der Waals surface area contributed by atoms with Crippen LogP contribution in [0.1, 0.15) is 32.6 Å². The molecule has 35 heavy (non-hydrogen) atoms. The molecule has 0 bridgehead atoms. The molecular weight excluding hydrogens is 470 g/mol. The zero-order valence-electron chi connectivity index (χ0n) is 20.3. The van der Waals surface area contributed by atoms with Gasteiger partial charge < -0.3 is 15.2 Å². The lowest BCUT2D eigenvalue weighted by Gasteiger charge is -2.30. The van der Waals surface area contributed by atoms with E-state index >= 15 is 0 Å². The van der Waals surface area contributed by atoms with Crippen molar-refractivity contribution in [3.63, 3.8) is 0 Å². The van der Waals surface area contributed by atoms with E-state index < -0.39 is 10.2 Å². The first-order valence-electron chi connectivity index (χ1n) is 11.8. The van der Waals surface area contributed by atoms with E-state index in [-0.39, 0.29) is 24.6 Å². The maximum atomic E-state index is 12.1. The van der Waals surface area contributed by atoms with Gasteiger partial charge in [0.25, 0.3) is 10.2 Å². The first kappa shape index (κ1) is 25.3. The predicted molar refractivity (Wildman–Crippen MR) is 134 cm³/mol. The van der Waals surface area contributed by atoms with Crippen LogP contribution in [0.15, 0.2) is 36.7 Å². The van der Waals surface area contributed by atoms with Crippen LogP contribution in [0, 0.1) is 5.92 Å². The zero-order valence-corrected chi connectivity index (χ0v) is 21.1. The highest BCUT2D eigenvalue weighted by Crippen LogP contribution is 2.28. The molecule has 4 rings (SSSR count). The number of aliphatic hydroxyl groups is 1. The van der Waals surface area contributed by atoms with Crippen LogP contribution in [0.3, 0.4) is 0 Å². The minimum Gasteiger partial charge on any atom is -0.492 e. The fourth-order valence-electron chi connectivity index (χ4n) is 4.01. The molecule has 3 N–H and O–H groups in total. The van der Waals surface area contributed by atoms with Gasteiger partial charge in [0.05, 0.1) is 23.7 Å². The van der Waals surface area contributed by atoms with Crippen LogP contribution >= 0.6 is 0 Å². The standard InChI is InChI=1S/C23H33N7O4S/c1-16(14-31)15-34-21-6-4-5-20-19(21)13-25-30(20)22-11-12-24-23(27-22)26-17-7-9-18(10-8-17)28-35(32,33)29(2)3/h4-6,11-13,16-18,28,31H,7-10,14-15H2,1-3H3,(H,24,26,27)/t16-,17?,18?/m0/s1. The number of fused-ring (bicyclic) bond motifs is 1. The molecule has 0 aliphatic heterocycles. The Bertz CT molecular complexity index is 1240. The van der Waals surface area contributed by atoms with Crippen molar-refractivity contribution in [2.24, 2.45) is 5.92 Å². The molecule has 3 aromatic rings. The Morgan fingerprint density at radius 3 is 2.66 bits per heavy atom. The van der Waals surface area contributed by atoms with Gasteiger partial charge in [-0.15, -0.1) is 0 Å². The van der Waals surface area contributed by atoms with Gasteiger partial charge >= 0.3 is 0 Å². The first-order chi connectivity index (χ1) is 16.8. The van der Waals surface area contributed by atoms with Crippen LogP contribution in [0.2, 0.25) is 0 Å². The molecule has 0 amide bonds. The van der Waals surface area contributed by atoms with Crippen LogP contribution in [0.25, 0.3) is 16.7 Å². The highest BCUT2D eigenvalue weighted by atomic mass is 32.2. The lowest BCUT2D eigenvalue weighted by molar-refractivity contribution is 0.175. The van der Waals surface area contributed by atoms with Gasteiger partial charge in [-0.25, -0.2) is 9.67 Å². The van der Waals surface area contributed by atoms with E-state index in [9.17, 15) is 13.5 Å². The van der Waals surface area contributed by atoms with Gasteiger partial charge in [-0.05, 0) is 37.8 Å². The average molecular weight is 504 g/mol. The molecule has 1 fully saturated rings. The van der Waals surface area contributed by atoms with Gasteiger partial charge in [0.15, 0.2) is 5.82 Å². The molecule has 0 radical (unpaired) electrons. The summed E-state index contributed by atoms with van der Waals surface area (Å²) in [6.45, 7) is 2.41. The number of anilines is 1. The van der Waals surface area contributed by atoms with E-state index in [1.165, 1.54) is 18.4 Å². The molecule has 1 atom stereocenters. The maximum absolute atomic E-state index is 12.1. The second kappa shape index (κ2) is 10.9. The number of hydrogen-bond acceptors (Lipinski definition) is 8. The first-order valence-corrected chi connectivity index (χ1v) is 13.2. The smallest absolute Gasteiger partial charge is 0.279 e. The van der Waals surface area contributed by atoms with Crippen molar-refractivity contribution in [3.05, 3.63) is 36.7 Å². The lowest BCUT2D eigenvalue weighted by atomic mass is 9.92. The van der Waals surface area contributed by atoms with Crippen LogP contribution in [0.5, 0.6) is 5.75 Å². The Balaban J connectivity index is 1.43. The third-order valence-corrected chi connectivity index (χ3v) is 7.72. The van der Waals surface area contributed by atoms with Crippen LogP contribution in [0.4, 0.5) is 5.95 Å². The van der Waals surface area contributed by atoms with E-state index in [4.69, 9.17) is 4.74 Å². The summed E-state index contributed by atoms with van der Waals surface area (Å²) in [5.41, 5.74) is 0.859. The van der Waals surface area contributed by atoms with Gasteiger partial charge in [0.1, 0.15) is 5.75 Å². The normalized spacial score (nSPS) is 19.7. The molecule has 11 nitrogen and oxygen atoms in total. The predicted octanol–water partition coefficient (Wildman–Crippen LogP) is 1.94. The molecule has 1 saturated carbocycles. The molecule has 2 aromatic heterocycles. The fourth-order valence-corrected chi connectivity index (χ4v) is 4.88. The van der Waals surface area contributed by atoms with Crippen LogP contribution in [-0.4, -0.2) is 77.0 Å². The Morgan fingerprint density at radius 2 is 1.94 bits per heavy atom. The number of ether oxygens (including phenoxy) is 1. The van der Waals surface area contributed by atoms with Crippen LogP contribution < -0.4 is 14.8 Å². The van der Waals surface area contributed by atoms with Crippen molar-refractivity contribution in [3.8, 4) is 11.6 Å². The summed E-state index contributed by atoms with van der Waals surface area (Å²) >= 11 is 0. The summed E-state index contributed by atoms with van der Waals surface area (Å²) < 4.78 is 35.7. The van der Waals surface area contributed by atoms with Crippen molar-refractivity contribution < 1.29 is 18.3 Å². The number of hydrogen-bond donors (Lipinski definition) is 3. The Hall–Kier alpha value is -2.80. The molecule has 0 unspecified atom stereocenters. The highest BCUT2D eigenvalue weighted by molar-refractivity contribution is 7.87. The van der Waals surface area contributed by atoms with E-state index in [0.29, 0.717) is 24.1 Å². The molecule has 1 aliphatic rings. The van der Waals surface area contributed by atoms with Gasteiger partial charge in [-0.3, -0.25) is 0 Å². The second-order valence-corrected chi connectivity index (χ2v) is 11.1. The number of nitrogens with zero attached hydrogens (tertiary/aromatic N) is 5. The quantitative estimate of drug-likeness (QED) is 0.382. The maximum Gasteiger partial charge on any atom is 0.279 e. The molecule has 0 saturated heterocycles. The van der Waals surface area contributed by atoms with Crippen molar-refractivity contribution in [1.82, 2.24) is 28.8 Å². The summed E-state index contributed by atoms with van der Waals surface area (Å²) in [5, 5.41) is 18.0. The third kappa shape index (κ3) is 6.07. The van der Waals surface area contributed by atoms with Crippen LogP contribution in [-0.2, 0) is 10.2 Å². The molecule has 1 aliphatic carbocycles. The van der Waals surface area contributed by atoms with E-state index in [0.717, 1.165) is 36.6 Å². The van der Waals surface area contributed by atoms with Gasteiger partial charge in [0, 0.05) is 51.0 Å². The minimum atomic E-state index is -3.43. The van der Waals surface area contributed by atoms with E-state index in [2.05, 4.69) is 25.1 Å². The third-order valence-electron chi connectivity index (χ3n) is 6.12. The summed E-state index contributed by atoms with van der Waals surface area (Å²) in [5.74, 6) is 1.89. The Kier molecular flexibility index (Phi) is 7.85. The Labute approximate surface area is 205 Å². The van der Waals surface area contributed by atoms with Gasteiger partial charge in [0.2, 0.25) is 5.95 Å². The second-order valence-electron chi connectivity index (χ2n) is 9.18. The topological polar surface area (TPSA) is 134 Å². The molecule has 1 aromatic carbocycles. The van der Waals surface area contributed by atoms with Crippen molar-refractivity contribution >= 4 is 27.1 Å². The number of benzene rings is 1. The van der Waals surface area contributed by atoms with Gasteiger partial charge in [-0.2, -0.15) is 27.5 Å². The van der Waals surface area contributed by atoms with Crippen molar-refractivity contribution in [2.45, 2.75) is 44.7 Å². The summed E-state index contributed by atoms with van der Waals surface area (Å²) in [6.07, 6.45) is 6.55. The largest absolute Gasteiger partial charge is 0.492 e. The average Bonchev–Trinajstić information content (AvgIpc) is 3.28. The summed E-state index contributed by atoms with van der Waals surface area (Å²) in [6, 6.07) is 7.64. The Morgan fingerprint density at radius 1 is 1.20 bits per heavy atom. The minimum absolute atomic E-state index is 0.0408. The molecule has 12 heteroatoms. The van der Waals surface area contributed by atoms with E-state index in [1.807, 2.05) is 25.1 Å². The number of aromatic nitrogens is 4. The summed E-state index contributed by atoms with van der Waals surface area (Å²) in [4.78, 5) is 9.04. The van der Waals surface area contributed by atoms with E-state index in [1.54, 1.807) is 23.1 Å². The monoisotopic (exact) mass is 503 g/mol. The number of nitrogens with one attached hydrogen (secondary N) is 2. The molecular formula is C23H33N7O4S. The zero-order chi connectivity index (χ0) is 25.0. The lowest BCUT2D eigenvalue weighted by Crippen LogP contribution is -2.44. The molecule has 190 valence electrons.